The van der Waals surface area contributed by atoms with Gasteiger partial charge in [0.25, 0.3) is 0 Å². The molecule has 0 aliphatic heterocycles. The van der Waals surface area contributed by atoms with Crippen molar-refractivity contribution in [3.8, 4) is 0 Å². The molecule has 0 amide bonds. The zero-order chi connectivity index (χ0) is 11.1. The summed E-state index contributed by atoms with van der Waals surface area (Å²) in [5, 5.41) is 0. The third-order valence-electron chi connectivity index (χ3n) is 3.02. The first kappa shape index (κ1) is 13.4. The van der Waals surface area contributed by atoms with Crippen LogP contribution in [0.3, 0.4) is 0 Å². The molecular formula is C13H24O. The smallest absolute Gasteiger partial charge is 0.135 e. The highest BCUT2D eigenvalue weighted by atomic mass is 16.1. The molecule has 1 heteroatoms. The molecule has 1 atom stereocenters. The summed E-state index contributed by atoms with van der Waals surface area (Å²) < 4.78 is 0. The number of Topliss-reactive ketones (excluding diaryl/α,β-unsaturated/α-hetero) is 1. The molecule has 0 radical (unpaired) electrons. The Bertz CT molecular complexity index is 209. The first-order valence-electron chi connectivity index (χ1n) is 5.68. The molecule has 0 heterocycles. The zero-order valence-corrected chi connectivity index (χ0v) is 10.3. The maximum atomic E-state index is 11.5. The van der Waals surface area contributed by atoms with Crippen LogP contribution in [0.1, 0.15) is 60.3 Å². The quantitative estimate of drug-likeness (QED) is 0.584. The SMILES string of the molecule is CCC(=O)[C@@H](CC)CCC(C)=C(C)C. The highest BCUT2D eigenvalue weighted by molar-refractivity contribution is 5.80. The second-order valence-electron chi connectivity index (χ2n) is 4.24. The Kier molecular flexibility index (Phi) is 6.52. The van der Waals surface area contributed by atoms with Crippen LogP contribution in [0, 0.1) is 5.92 Å². The van der Waals surface area contributed by atoms with Gasteiger partial charge in [-0.25, -0.2) is 0 Å². The second-order valence-corrected chi connectivity index (χ2v) is 4.24. The van der Waals surface area contributed by atoms with E-state index < -0.39 is 0 Å². The van der Waals surface area contributed by atoms with E-state index in [0.29, 0.717) is 12.2 Å². The number of rotatable bonds is 6. The van der Waals surface area contributed by atoms with Crippen LogP contribution in [0.15, 0.2) is 11.1 Å². The summed E-state index contributed by atoms with van der Waals surface area (Å²) in [6.07, 6.45) is 3.78. The molecule has 0 saturated carbocycles. The van der Waals surface area contributed by atoms with E-state index in [-0.39, 0.29) is 5.92 Å². The maximum absolute atomic E-state index is 11.5. The van der Waals surface area contributed by atoms with Gasteiger partial charge in [0.2, 0.25) is 0 Å². The van der Waals surface area contributed by atoms with Crippen molar-refractivity contribution in [3.05, 3.63) is 11.1 Å². The van der Waals surface area contributed by atoms with E-state index in [9.17, 15) is 4.79 Å². The van der Waals surface area contributed by atoms with Crippen LogP contribution in [-0.4, -0.2) is 5.78 Å². The fourth-order valence-electron chi connectivity index (χ4n) is 1.52. The maximum Gasteiger partial charge on any atom is 0.135 e. The minimum atomic E-state index is 0.286. The lowest BCUT2D eigenvalue weighted by molar-refractivity contribution is -0.122. The van der Waals surface area contributed by atoms with Gasteiger partial charge in [-0.2, -0.15) is 0 Å². The molecule has 0 aliphatic rings. The summed E-state index contributed by atoms with van der Waals surface area (Å²) in [6, 6.07) is 0. The molecule has 0 saturated heterocycles. The molecule has 0 unspecified atom stereocenters. The first-order valence-corrected chi connectivity index (χ1v) is 5.68. The molecule has 0 rings (SSSR count). The summed E-state index contributed by atoms with van der Waals surface area (Å²) >= 11 is 0. The standard InChI is InChI=1S/C13H24O/c1-6-12(13(14)7-2)9-8-11(5)10(3)4/h12H,6-9H2,1-5H3/t12-/m0/s1. The summed E-state index contributed by atoms with van der Waals surface area (Å²) in [5.41, 5.74) is 2.83. The summed E-state index contributed by atoms with van der Waals surface area (Å²) in [4.78, 5) is 11.5. The van der Waals surface area contributed by atoms with E-state index in [1.807, 2.05) is 6.92 Å². The van der Waals surface area contributed by atoms with Crippen molar-refractivity contribution in [2.24, 2.45) is 5.92 Å². The van der Waals surface area contributed by atoms with Crippen LogP contribution in [0.5, 0.6) is 0 Å². The molecular weight excluding hydrogens is 172 g/mol. The van der Waals surface area contributed by atoms with E-state index in [2.05, 4.69) is 27.7 Å². The number of carbonyl (C=O) groups is 1. The fourth-order valence-corrected chi connectivity index (χ4v) is 1.52. The minimum absolute atomic E-state index is 0.286. The van der Waals surface area contributed by atoms with Crippen LogP contribution in [0.4, 0.5) is 0 Å². The largest absolute Gasteiger partial charge is 0.299 e. The molecule has 0 spiro atoms. The Morgan fingerprint density at radius 3 is 2.07 bits per heavy atom. The predicted octanol–water partition coefficient (Wildman–Crippen LogP) is 4.13. The van der Waals surface area contributed by atoms with Crippen LogP contribution >= 0.6 is 0 Å². The van der Waals surface area contributed by atoms with Crippen LogP contribution in [0.2, 0.25) is 0 Å². The molecule has 0 fully saturated rings. The second kappa shape index (κ2) is 6.80. The van der Waals surface area contributed by atoms with Gasteiger partial charge in [-0.05, 0) is 40.0 Å². The van der Waals surface area contributed by atoms with Crippen molar-refractivity contribution < 1.29 is 4.79 Å². The number of hydrogen-bond donors (Lipinski definition) is 0. The Labute approximate surface area is 88.6 Å². The van der Waals surface area contributed by atoms with Crippen molar-refractivity contribution in [2.75, 3.05) is 0 Å². The Morgan fingerprint density at radius 2 is 1.71 bits per heavy atom. The van der Waals surface area contributed by atoms with Gasteiger partial charge in [0.1, 0.15) is 5.78 Å². The van der Waals surface area contributed by atoms with Crippen molar-refractivity contribution in [3.63, 3.8) is 0 Å². The third kappa shape index (κ3) is 4.59. The number of allylic oxidation sites excluding steroid dienone is 2. The van der Waals surface area contributed by atoms with Crippen LogP contribution in [0.25, 0.3) is 0 Å². The molecule has 0 aromatic heterocycles. The average Bonchev–Trinajstić information content (AvgIpc) is 2.17. The highest BCUT2D eigenvalue weighted by Gasteiger charge is 2.13. The summed E-state index contributed by atoms with van der Waals surface area (Å²) in [7, 11) is 0. The molecule has 1 nitrogen and oxygen atoms in total. The molecule has 0 aromatic carbocycles. The average molecular weight is 196 g/mol. The van der Waals surface area contributed by atoms with Crippen LogP contribution < -0.4 is 0 Å². The highest BCUT2D eigenvalue weighted by Crippen LogP contribution is 2.19. The first-order chi connectivity index (χ1) is 6.52. The van der Waals surface area contributed by atoms with Crippen molar-refractivity contribution >= 4 is 5.78 Å². The van der Waals surface area contributed by atoms with Crippen molar-refractivity contribution in [2.45, 2.75) is 60.3 Å². The van der Waals surface area contributed by atoms with Gasteiger partial charge in [0, 0.05) is 12.3 Å². The van der Waals surface area contributed by atoms with E-state index in [1.54, 1.807) is 0 Å². The van der Waals surface area contributed by atoms with E-state index in [1.165, 1.54) is 11.1 Å². The van der Waals surface area contributed by atoms with Gasteiger partial charge in [-0.3, -0.25) is 4.79 Å². The normalized spacial score (nSPS) is 12.4. The van der Waals surface area contributed by atoms with Gasteiger partial charge in [-0.1, -0.05) is 25.0 Å². The lowest BCUT2D eigenvalue weighted by atomic mass is 9.91. The van der Waals surface area contributed by atoms with Gasteiger partial charge < -0.3 is 0 Å². The fraction of sp³-hybridized carbons (Fsp3) is 0.769. The third-order valence-corrected chi connectivity index (χ3v) is 3.02. The molecule has 14 heavy (non-hydrogen) atoms. The van der Waals surface area contributed by atoms with Gasteiger partial charge in [-0.15, -0.1) is 0 Å². The number of ketones is 1. The van der Waals surface area contributed by atoms with E-state index >= 15 is 0 Å². The molecule has 0 N–H and O–H groups in total. The Hall–Kier alpha value is -0.590. The molecule has 0 aromatic rings. The van der Waals surface area contributed by atoms with Crippen molar-refractivity contribution in [1.29, 1.82) is 0 Å². The summed E-state index contributed by atoms with van der Waals surface area (Å²) in [6.45, 7) is 10.5. The number of carbonyl (C=O) groups excluding carboxylic acids is 1. The Balaban J connectivity index is 4.09. The van der Waals surface area contributed by atoms with Crippen LogP contribution in [-0.2, 0) is 4.79 Å². The molecule has 0 bridgehead atoms. The lowest BCUT2D eigenvalue weighted by Gasteiger charge is -2.13. The zero-order valence-electron chi connectivity index (χ0n) is 10.3. The summed E-state index contributed by atoms with van der Waals surface area (Å²) in [5.74, 6) is 0.711. The topological polar surface area (TPSA) is 17.1 Å². The van der Waals surface area contributed by atoms with E-state index in [4.69, 9.17) is 0 Å². The Morgan fingerprint density at radius 1 is 1.14 bits per heavy atom. The van der Waals surface area contributed by atoms with Crippen molar-refractivity contribution in [1.82, 2.24) is 0 Å². The number of hydrogen-bond acceptors (Lipinski definition) is 1. The monoisotopic (exact) mass is 196 g/mol. The molecule has 82 valence electrons. The molecule has 0 aliphatic carbocycles. The van der Waals surface area contributed by atoms with Gasteiger partial charge >= 0.3 is 0 Å². The lowest BCUT2D eigenvalue weighted by Crippen LogP contribution is -2.12. The van der Waals surface area contributed by atoms with E-state index in [0.717, 1.165) is 19.3 Å². The minimum Gasteiger partial charge on any atom is -0.299 e. The van der Waals surface area contributed by atoms with Gasteiger partial charge in [0.15, 0.2) is 0 Å². The van der Waals surface area contributed by atoms with Gasteiger partial charge in [0.05, 0.1) is 0 Å². The predicted molar refractivity (Wildman–Crippen MR) is 62.4 cm³/mol.